The lowest BCUT2D eigenvalue weighted by molar-refractivity contribution is 0.646. The van der Waals surface area contributed by atoms with Crippen molar-refractivity contribution in [2.24, 2.45) is 0 Å². The molecule has 0 atom stereocenters. The topological polar surface area (TPSA) is 9.34 Å². The van der Waals surface area contributed by atoms with E-state index in [0.29, 0.717) is 0 Å². The molecule has 0 saturated carbocycles. The molecule has 0 N–H and O–H groups in total. The number of benzene rings is 3. The number of imidazole rings is 1. The van der Waals surface area contributed by atoms with E-state index in [1.807, 2.05) is 11.8 Å². The van der Waals surface area contributed by atoms with Crippen LogP contribution in [0.1, 0.15) is 24.0 Å². The molecule has 1 aliphatic heterocycles. The largest absolute Gasteiger partial charge is 0.325 e. The lowest BCUT2D eigenvalue weighted by atomic mass is 10.0. The molecule has 0 unspecified atom stereocenters. The van der Waals surface area contributed by atoms with Crippen LogP contribution in [-0.4, -0.2) is 8.97 Å². The summed E-state index contributed by atoms with van der Waals surface area (Å²) in [6, 6.07) is 30.7. The highest BCUT2D eigenvalue weighted by Gasteiger charge is 2.26. The molecule has 0 fully saturated rings. The molecule has 1 aliphatic rings. The first kappa shape index (κ1) is 19.5. The normalized spacial score (nSPS) is 13.4. The first-order valence-corrected chi connectivity index (χ1v) is 12.2. The molecule has 0 saturated heterocycles. The molecule has 2 aromatic heterocycles. The summed E-state index contributed by atoms with van der Waals surface area (Å²) < 4.78 is 5.03. The van der Waals surface area contributed by atoms with E-state index < -0.39 is 0 Å². The Morgan fingerprint density at radius 1 is 0.750 bits per heavy atom. The number of hydrogen-bond donors (Lipinski definition) is 0. The second-order valence-corrected chi connectivity index (χ2v) is 9.68. The molecule has 0 aliphatic carbocycles. The van der Waals surface area contributed by atoms with Gasteiger partial charge in [0.05, 0.1) is 10.7 Å². The quantitative estimate of drug-likeness (QED) is 0.280. The van der Waals surface area contributed by atoms with Crippen molar-refractivity contribution in [3.63, 3.8) is 0 Å². The maximum Gasteiger partial charge on any atom is 0.122 e. The molecule has 2 nitrogen and oxygen atoms in total. The van der Waals surface area contributed by atoms with Gasteiger partial charge in [-0.05, 0) is 49.4 Å². The van der Waals surface area contributed by atoms with E-state index >= 15 is 0 Å². The Kier molecular flexibility index (Phi) is 4.92. The van der Waals surface area contributed by atoms with Crippen molar-refractivity contribution >= 4 is 17.4 Å². The highest BCUT2D eigenvalue weighted by atomic mass is 32.2. The Bertz CT molecular complexity index is 1380. The minimum Gasteiger partial charge on any atom is -0.325 e. The van der Waals surface area contributed by atoms with Gasteiger partial charge in [-0.25, -0.2) is 0 Å². The van der Waals surface area contributed by atoms with Crippen LogP contribution in [0.25, 0.3) is 28.0 Å². The minimum atomic E-state index is 1.07. The minimum absolute atomic E-state index is 1.07. The van der Waals surface area contributed by atoms with E-state index in [1.165, 1.54) is 61.9 Å². The number of aryl methyl sites for hydroxylation is 3. The standard InChI is InChI=1S/C29H26N2S/c1-21-15-17-24(18-16-21)32-29-27(23-12-6-3-7-13-23)25-14-8-9-19-30-26(20-31(29)28(25)30)22-10-4-2-5-11-22/h2-7,10-13,15-18,20H,8-9,14,19H2,1H3. The molecule has 0 bridgehead atoms. The van der Waals surface area contributed by atoms with Gasteiger partial charge in [-0.1, -0.05) is 90.1 Å². The summed E-state index contributed by atoms with van der Waals surface area (Å²) in [6.07, 6.45) is 5.93. The molecular weight excluding hydrogens is 408 g/mol. The van der Waals surface area contributed by atoms with Crippen molar-refractivity contribution in [2.45, 2.75) is 42.7 Å². The Morgan fingerprint density at radius 3 is 2.16 bits per heavy atom. The number of aromatic nitrogens is 2. The van der Waals surface area contributed by atoms with Gasteiger partial charge in [0, 0.05) is 28.8 Å². The third-order valence-corrected chi connectivity index (χ3v) is 7.56. The fraction of sp³-hybridized carbons (Fsp3) is 0.172. The third-order valence-electron chi connectivity index (χ3n) is 6.46. The summed E-state index contributed by atoms with van der Waals surface area (Å²) in [5.41, 5.74) is 9.48. The van der Waals surface area contributed by atoms with Crippen molar-refractivity contribution in [1.29, 1.82) is 0 Å². The van der Waals surface area contributed by atoms with Crippen LogP contribution in [0.5, 0.6) is 0 Å². The van der Waals surface area contributed by atoms with Crippen molar-refractivity contribution in [2.75, 3.05) is 0 Å². The average molecular weight is 435 g/mol. The lowest BCUT2D eigenvalue weighted by Gasteiger charge is -2.09. The lowest BCUT2D eigenvalue weighted by Crippen LogP contribution is -1.98. The number of hydrogen-bond acceptors (Lipinski definition) is 1. The molecule has 3 aromatic carbocycles. The van der Waals surface area contributed by atoms with Gasteiger partial charge in [-0.2, -0.15) is 0 Å². The van der Waals surface area contributed by atoms with Gasteiger partial charge in [0.1, 0.15) is 5.65 Å². The van der Waals surface area contributed by atoms with Crippen LogP contribution in [0.4, 0.5) is 0 Å². The Labute approximate surface area is 193 Å². The van der Waals surface area contributed by atoms with Crippen LogP contribution in [-0.2, 0) is 13.0 Å². The molecule has 0 spiro atoms. The highest BCUT2D eigenvalue weighted by Crippen LogP contribution is 2.45. The fourth-order valence-corrected chi connectivity index (χ4v) is 5.99. The van der Waals surface area contributed by atoms with Gasteiger partial charge in [0.15, 0.2) is 0 Å². The van der Waals surface area contributed by atoms with Gasteiger partial charge in [0.2, 0.25) is 0 Å². The predicted octanol–water partition coefficient (Wildman–Crippen LogP) is 7.87. The SMILES string of the molecule is Cc1ccc(Sc2c(-c3ccccc3)c3c4n(c(-c5ccccc5)cn24)CCCC3)cc1. The van der Waals surface area contributed by atoms with Crippen molar-refractivity contribution in [3.8, 4) is 22.4 Å². The maximum atomic E-state index is 2.56. The Balaban J connectivity index is 1.64. The molecule has 6 rings (SSSR count). The second-order valence-electron chi connectivity index (χ2n) is 8.62. The second kappa shape index (κ2) is 8.07. The van der Waals surface area contributed by atoms with Crippen molar-refractivity contribution in [3.05, 3.63) is 102 Å². The van der Waals surface area contributed by atoms with E-state index in [1.54, 1.807) is 0 Å². The van der Waals surface area contributed by atoms with E-state index in [9.17, 15) is 0 Å². The molecule has 158 valence electrons. The summed E-state index contributed by atoms with van der Waals surface area (Å²) in [6.45, 7) is 3.22. The van der Waals surface area contributed by atoms with Crippen LogP contribution in [0.2, 0.25) is 0 Å². The third kappa shape index (κ3) is 3.28. The molecule has 32 heavy (non-hydrogen) atoms. The molecule has 0 radical (unpaired) electrons. The molecular formula is C29H26N2S. The van der Waals surface area contributed by atoms with Gasteiger partial charge < -0.3 is 4.57 Å². The van der Waals surface area contributed by atoms with Crippen LogP contribution in [0.15, 0.2) is 101 Å². The van der Waals surface area contributed by atoms with Gasteiger partial charge in [-0.3, -0.25) is 4.40 Å². The zero-order valence-corrected chi connectivity index (χ0v) is 19.1. The summed E-state index contributed by atoms with van der Waals surface area (Å²) >= 11 is 1.88. The predicted molar refractivity (Wildman–Crippen MR) is 134 cm³/mol. The van der Waals surface area contributed by atoms with E-state index in [0.717, 1.165) is 13.0 Å². The first-order chi connectivity index (χ1) is 15.8. The van der Waals surface area contributed by atoms with E-state index in [2.05, 4.69) is 107 Å². The van der Waals surface area contributed by atoms with E-state index in [4.69, 9.17) is 0 Å². The molecule has 5 aromatic rings. The summed E-state index contributed by atoms with van der Waals surface area (Å²) in [5, 5.41) is 1.32. The Hall–Kier alpha value is -3.17. The fourth-order valence-electron chi connectivity index (χ4n) is 4.92. The van der Waals surface area contributed by atoms with Gasteiger partial charge in [-0.15, -0.1) is 0 Å². The van der Waals surface area contributed by atoms with Crippen LogP contribution in [0, 0.1) is 6.92 Å². The Morgan fingerprint density at radius 2 is 1.44 bits per heavy atom. The monoisotopic (exact) mass is 434 g/mol. The first-order valence-electron chi connectivity index (χ1n) is 11.4. The average Bonchev–Trinajstić information content (AvgIpc) is 3.25. The summed E-state index contributed by atoms with van der Waals surface area (Å²) in [7, 11) is 0. The van der Waals surface area contributed by atoms with Crippen LogP contribution >= 0.6 is 11.8 Å². The van der Waals surface area contributed by atoms with Crippen molar-refractivity contribution in [1.82, 2.24) is 8.97 Å². The smallest absolute Gasteiger partial charge is 0.122 e. The van der Waals surface area contributed by atoms with Crippen LogP contribution in [0.3, 0.4) is 0 Å². The van der Waals surface area contributed by atoms with Gasteiger partial charge in [0.25, 0.3) is 0 Å². The van der Waals surface area contributed by atoms with E-state index in [-0.39, 0.29) is 0 Å². The van der Waals surface area contributed by atoms with Crippen LogP contribution < -0.4 is 0 Å². The molecule has 3 heteroatoms. The van der Waals surface area contributed by atoms with Gasteiger partial charge >= 0.3 is 0 Å². The molecule has 0 amide bonds. The highest BCUT2D eigenvalue weighted by molar-refractivity contribution is 7.99. The zero-order valence-electron chi connectivity index (χ0n) is 18.3. The number of nitrogens with zero attached hydrogens (tertiary/aromatic N) is 2. The molecule has 3 heterocycles. The summed E-state index contributed by atoms with van der Waals surface area (Å²) in [4.78, 5) is 1.28. The zero-order chi connectivity index (χ0) is 21.5. The van der Waals surface area contributed by atoms with Crippen molar-refractivity contribution < 1.29 is 0 Å². The summed E-state index contributed by atoms with van der Waals surface area (Å²) in [5.74, 6) is 0. The maximum absolute atomic E-state index is 2.56. The number of rotatable bonds is 4.